The molecule has 2 rings (SSSR count). The molecule has 0 aliphatic heterocycles. The summed E-state index contributed by atoms with van der Waals surface area (Å²) in [6.45, 7) is 3.66. The van der Waals surface area contributed by atoms with E-state index < -0.39 is 12.0 Å². The molecule has 7 heteroatoms. The van der Waals surface area contributed by atoms with Gasteiger partial charge in [-0.15, -0.1) is 11.3 Å². The summed E-state index contributed by atoms with van der Waals surface area (Å²) in [6.07, 6.45) is 0.667. The van der Waals surface area contributed by atoms with Crippen LogP contribution in [0.4, 0.5) is 4.39 Å². The minimum absolute atomic E-state index is 0.0118. The van der Waals surface area contributed by atoms with Gasteiger partial charge in [-0.05, 0) is 30.2 Å². The van der Waals surface area contributed by atoms with Gasteiger partial charge < -0.3 is 10.4 Å². The Morgan fingerprint density at radius 2 is 2.00 bits per heavy atom. The molecular weight excluding hydrogens is 331 g/mol. The van der Waals surface area contributed by atoms with Crippen molar-refractivity contribution in [2.45, 2.75) is 32.7 Å². The van der Waals surface area contributed by atoms with E-state index in [0.29, 0.717) is 17.1 Å². The molecule has 2 aromatic rings. The highest BCUT2D eigenvalue weighted by Gasteiger charge is 2.25. The minimum Gasteiger partial charge on any atom is -0.480 e. The van der Waals surface area contributed by atoms with Crippen molar-refractivity contribution in [3.05, 3.63) is 41.2 Å². The number of hydrogen-bond acceptors (Lipinski definition) is 4. The van der Waals surface area contributed by atoms with Crippen molar-refractivity contribution in [3.8, 4) is 10.6 Å². The van der Waals surface area contributed by atoms with Crippen LogP contribution in [0.1, 0.15) is 26.0 Å². The number of nitrogens with zero attached hydrogens (tertiary/aromatic N) is 1. The van der Waals surface area contributed by atoms with E-state index >= 15 is 0 Å². The van der Waals surface area contributed by atoms with Crippen LogP contribution in [0.25, 0.3) is 10.6 Å². The molecule has 0 saturated heterocycles. The Hall–Kier alpha value is -2.28. The Labute approximate surface area is 143 Å². The summed E-state index contributed by atoms with van der Waals surface area (Å²) in [5.74, 6) is -1.89. The molecule has 1 aromatic carbocycles. The van der Waals surface area contributed by atoms with Gasteiger partial charge in [0.2, 0.25) is 5.91 Å². The van der Waals surface area contributed by atoms with Gasteiger partial charge in [0.25, 0.3) is 0 Å². The quantitative estimate of drug-likeness (QED) is 0.804. The first-order valence-electron chi connectivity index (χ1n) is 7.63. The summed E-state index contributed by atoms with van der Waals surface area (Å²) in [4.78, 5) is 27.7. The predicted octanol–water partition coefficient (Wildman–Crippen LogP) is 3.11. The molecule has 2 atom stereocenters. The molecule has 0 fully saturated rings. The van der Waals surface area contributed by atoms with Crippen molar-refractivity contribution in [1.82, 2.24) is 10.3 Å². The van der Waals surface area contributed by atoms with E-state index in [9.17, 15) is 19.1 Å². The predicted molar refractivity (Wildman–Crippen MR) is 90.2 cm³/mol. The van der Waals surface area contributed by atoms with Crippen molar-refractivity contribution in [2.75, 3.05) is 0 Å². The zero-order chi connectivity index (χ0) is 17.7. The summed E-state index contributed by atoms with van der Waals surface area (Å²) in [5.41, 5.74) is 1.33. The lowest BCUT2D eigenvalue weighted by molar-refractivity contribution is -0.143. The first-order valence-corrected chi connectivity index (χ1v) is 8.51. The smallest absolute Gasteiger partial charge is 0.326 e. The number of hydrogen-bond donors (Lipinski definition) is 2. The van der Waals surface area contributed by atoms with Crippen LogP contribution in [0.3, 0.4) is 0 Å². The molecule has 2 N–H and O–H groups in total. The zero-order valence-corrected chi connectivity index (χ0v) is 14.3. The highest BCUT2D eigenvalue weighted by molar-refractivity contribution is 7.13. The number of carboxylic acid groups (broad SMARTS) is 1. The van der Waals surface area contributed by atoms with Gasteiger partial charge in [0.1, 0.15) is 16.9 Å². The average Bonchev–Trinajstić information content (AvgIpc) is 3.00. The third kappa shape index (κ3) is 4.61. The number of aliphatic carboxylic acids is 1. The summed E-state index contributed by atoms with van der Waals surface area (Å²) in [5, 5.41) is 14.2. The normalized spacial score (nSPS) is 13.3. The molecule has 0 saturated carbocycles. The van der Waals surface area contributed by atoms with Crippen LogP contribution in [0, 0.1) is 11.7 Å². The summed E-state index contributed by atoms with van der Waals surface area (Å²) >= 11 is 1.36. The topological polar surface area (TPSA) is 79.3 Å². The fourth-order valence-corrected chi connectivity index (χ4v) is 3.01. The first kappa shape index (κ1) is 18.1. The van der Waals surface area contributed by atoms with E-state index in [1.807, 2.05) is 6.92 Å². The first-order chi connectivity index (χ1) is 11.4. The molecule has 1 aromatic heterocycles. The van der Waals surface area contributed by atoms with Gasteiger partial charge in [0.15, 0.2) is 0 Å². The van der Waals surface area contributed by atoms with Crippen molar-refractivity contribution in [2.24, 2.45) is 5.92 Å². The van der Waals surface area contributed by atoms with Crippen LogP contribution in [0.2, 0.25) is 0 Å². The Kier molecular flexibility index (Phi) is 6.03. The van der Waals surface area contributed by atoms with Gasteiger partial charge in [-0.2, -0.15) is 0 Å². The molecule has 24 heavy (non-hydrogen) atoms. The highest BCUT2D eigenvalue weighted by atomic mass is 32.1. The van der Waals surface area contributed by atoms with Crippen LogP contribution in [-0.4, -0.2) is 28.0 Å². The van der Waals surface area contributed by atoms with Crippen LogP contribution in [0.15, 0.2) is 29.6 Å². The number of aromatic nitrogens is 1. The fourth-order valence-electron chi connectivity index (χ4n) is 2.19. The second-order valence-electron chi connectivity index (χ2n) is 5.60. The van der Waals surface area contributed by atoms with Gasteiger partial charge in [0, 0.05) is 10.9 Å². The van der Waals surface area contributed by atoms with Crippen molar-refractivity contribution < 1.29 is 19.1 Å². The Morgan fingerprint density at radius 1 is 1.33 bits per heavy atom. The third-order valence-corrected chi connectivity index (χ3v) is 4.72. The standard InChI is InChI=1S/C17H19FN2O3S/c1-3-10(2)15(17(22)23)20-14(21)8-13-9-24-16(19-13)11-4-6-12(18)7-5-11/h4-7,9-10,15H,3,8H2,1-2H3,(H,20,21)(H,22,23)/t10-,15-/m1/s1. The number of thiazole rings is 1. The molecular formula is C17H19FN2O3S. The Morgan fingerprint density at radius 3 is 2.58 bits per heavy atom. The van der Waals surface area contributed by atoms with E-state index in [1.165, 1.54) is 23.5 Å². The molecule has 0 bridgehead atoms. The van der Waals surface area contributed by atoms with E-state index in [4.69, 9.17) is 0 Å². The number of carbonyl (C=O) groups is 2. The summed E-state index contributed by atoms with van der Waals surface area (Å²) in [7, 11) is 0. The van der Waals surface area contributed by atoms with Crippen LogP contribution in [0.5, 0.6) is 0 Å². The van der Waals surface area contributed by atoms with Crippen LogP contribution < -0.4 is 5.32 Å². The van der Waals surface area contributed by atoms with Gasteiger partial charge >= 0.3 is 5.97 Å². The van der Waals surface area contributed by atoms with Gasteiger partial charge in [-0.3, -0.25) is 4.79 Å². The second-order valence-corrected chi connectivity index (χ2v) is 6.45. The molecule has 0 unspecified atom stereocenters. The van der Waals surface area contributed by atoms with E-state index in [2.05, 4.69) is 10.3 Å². The van der Waals surface area contributed by atoms with E-state index in [-0.39, 0.29) is 24.1 Å². The molecule has 128 valence electrons. The maximum Gasteiger partial charge on any atom is 0.326 e. The maximum absolute atomic E-state index is 12.9. The number of halogens is 1. The number of nitrogens with one attached hydrogen (secondary N) is 1. The average molecular weight is 350 g/mol. The fraction of sp³-hybridized carbons (Fsp3) is 0.353. The third-order valence-electron chi connectivity index (χ3n) is 3.78. The number of carbonyl (C=O) groups excluding carboxylic acids is 1. The second kappa shape index (κ2) is 8.01. The van der Waals surface area contributed by atoms with Crippen LogP contribution >= 0.6 is 11.3 Å². The monoisotopic (exact) mass is 350 g/mol. The zero-order valence-electron chi connectivity index (χ0n) is 13.5. The van der Waals surface area contributed by atoms with Crippen LogP contribution in [-0.2, 0) is 16.0 Å². The number of amides is 1. The van der Waals surface area contributed by atoms with Gasteiger partial charge in [-0.1, -0.05) is 20.3 Å². The molecule has 0 aliphatic rings. The van der Waals surface area contributed by atoms with Gasteiger partial charge in [-0.25, -0.2) is 14.2 Å². The van der Waals surface area contributed by atoms with Crippen molar-refractivity contribution in [3.63, 3.8) is 0 Å². The minimum atomic E-state index is -1.04. The summed E-state index contributed by atoms with van der Waals surface area (Å²) < 4.78 is 12.9. The number of rotatable bonds is 7. The SMILES string of the molecule is CC[C@@H](C)[C@@H](NC(=O)Cc1csc(-c2ccc(F)cc2)n1)C(=O)O. The Balaban J connectivity index is 2.02. The molecule has 1 heterocycles. The lowest BCUT2D eigenvalue weighted by atomic mass is 9.99. The van der Waals surface area contributed by atoms with Crippen molar-refractivity contribution >= 4 is 23.2 Å². The van der Waals surface area contributed by atoms with E-state index in [1.54, 1.807) is 24.4 Å². The lowest BCUT2D eigenvalue weighted by Crippen LogP contribution is -2.45. The molecule has 0 spiro atoms. The molecule has 0 radical (unpaired) electrons. The summed E-state index contributed by atoms with van der Waals surface area (Å²) in [6, 6.07) is 5.06. The Bertz CT molecular complexity index is 715. The highest BCUT2D eigenvalue weighted by Crippen LogP contribution is 2.24. The van der Waals surface area contributed by atoms with Gasteiger partial charge in [0.05, 0.1) is 12.1 Å². The number of benzene rings is 1. The van der Waals surface area contributed by atoms with Crippen molar-refractivity contribution in [1.29, 1.82) is 0 Å². The maximum atomic E-state index is 12.9. The molecule has 5 nitrogen and oxygen atoms in total. The lowest BCUT2D eigenvalue weighted by Gasteiger charge is -2.19. The molecule has 0 aliphatic carbocycles. The number of carboxylic acids is 1. The van der Waals surface area contributed by atoms with E-state index in [0.717, 1.165) is 5.56 Å². The molecule has 1 amide bonds. The largest absolute Gasteiger partial charge is 0.480 e.